The Morgan fingerprint density at radius 1 is 1.11 bits per heavy atom. The molecule has 0 saturated carbocycles. The summed E-state index contributed by atoms with van der Waals surface area (Å²) in [6.07, 6.45) is 4.81. The van der Waals surface area contributed by atoms with Gasteiger partial charge >= 0.3 is 11.9 Å². The van der Waals surface area contributed by atoms with E-state index in [4.69, 9.17) is 29.6 Å². The van der Waals surface area contributed by atoms with Crippen molar-refractivity contribution in [1.29, 1.82) is 5.41 Å². The third-order valence-corrected chi connectivity index (χ3v) is 5.75. The third-order valence-electron chi connectivity index (χ3n) is 5.75. The van der Waals surface area contributed by atoms with Crippen LogP contribution in [0.15, 0.2) is 36.1 Å². The number of rotatable bonds is 12. The molecule has 0 spiro atoms. The molecule has 1 aromatic rings. The first-order chi connectivity index (χ1) is 18.2. The van der Waals surface area contributed by atoms with Gasteiger partial charge in [0.2, 0.25) is 5.75 Å². The average molecular weight is 532 g/mol. The molecule has 2 unspecified atom stereocenters. The summed E-state index contributed by atoms with van der Waals surface area (Å²) in [4.78, 5) is 50.9. The molecule has 204 valence electrons. The summed E-state index contributed by atoms with van der Waals surface area (Å²) >= 11 is 0. The van der Waals surface area contributed by atoms with Crippen molar-refractivity contribution < 1.29 is 48.4 Å². The number of Topliss-reactive ketones (excluding diaryl/α,β-unsaturated/α-hetero) is 2. The zero-order valence-electron chi connectivity index (χ0n) is 20.9. The van der Waals surface area contributed by atoms with E-state index in [0.717, 1.165) is 0 Å². The van der Waals surface area contributed by atoms with Crippen LogP contribution in [0.4, 0.5) is 0 Å². The molecule has 3 rings (SSSR count). The first-order valence-electron chi connectivity index (χ1n) is 11.8. The number of phenols is 1. The number of carbonyl (C=O) groups is 4. The Morgan fingerprint density at radius 2 is 1.76 bits per heavy atom. The number of benzene rings is 1. The van der Waals surface area contributed by atoms with Gasteiger partial charge in [-0.3, -0.25) is 25.7 Å². The number of ether oxygens (including phenoxy) is 4. The minimum atomic E-state index is -0.914. The van der Waals surface area contributed by atoms with E-state index in [0.29, 0.717) is 5.57 Å². The molecule has 2 aliphatic rings. The van der Waals surface area contributed by atoms with Crippen molar-refractivity contribution in [1.82, 2.24) is 10.4 Å². The topological polar surface area (TPSA) is 185 Å². The fourth-order valence-electron chi connectivity index (χ4n) is 4.02. The number of hydroxylamine groups is 1. The van der Waals surface area contributed by atoms with Gasteiger partial charge in [-0.2, -0.15) is 0 Å². The molecule has 1 aliphatic heterocycles. The third kappa shape index (κ3) is 6.48. The SMILES string of the molecule is CCOC(=O)COc1ccc(C(=O)CN2C=C3C=CC(C(=N)NO)C(=O)C3C2)c(O)c1OCC(=O)OCC. The minimum absolute atomic E-state index is 0.0903. The maximum atomic E-state index is 13.1. The number of hydrogen-bond donors (Lipinski definition) is 4. The quantitative estimate of drug-likeness (QED) is 0.0987. The summed E-state index contributed by atoms with van der Waals surface area (Å²) < 4.78 is 20.4. The fourth-order valence-corrected chi connectivity index (χ4v) is 4.02. The Balaban J connectivity index is 1.76. The molecule has 1 aromatic carbocycles. The lowest BCUT2D eigenvalue weighted by Gasteiger charge is -2.23. The van der Waals surface area contributed by atoms with Gasteiger partial charge in [0.05, 0.1) is 37.2 Å². The lowest BCUT2D eigenvalue weighted by molar-refractivity contribution is -0.146. The molecule has 0 saturated heterocycles. The van der Waals surface area contributed by atoms with Gasteiger partial charge in [0.25, 0.3) is 0 Å². The van der Waals surface area contributed by atoms with E-state index in [-0.39, 0.29) is 55.0 Å². The maximum absolute atomic E-state index is 13.1. The van der Waals surface area contributed by atoms with Crippen LogP contribution < -0.4 is 15.0 Å². The molecule has 0 amide bonds. The predicted octanol–water partition coefficient (Wildman–Crippen LogP) is 0.986. The van der Waals surface area contributed by atoms with Crippen molar-refractivity contribution >= 4 is 29.3 Å². The Labute approximate surface area is 218 Å². The Morgan fingerprint density at radius 3 is 2.39 bits per heavy atom. The lowest BCUT2D eigenvalue weighted by atomic mass is 9.83. The molecule has 4 N–H and O–H groups in total. The molecule has 0 bridgehead atoms. The summed E-state index contributed by atoms with van der Waals surface area (Å²) in [5.41, 5.74) is 2.22. The van der Waals surface area contributed by atoms with Gasteiger partial charge < -0.3 is 29.0 Å². The molecule has 1 heterocycles. The van der Waals surface area contributed by atoms with Crippen molar-refractivity contribution in [3.63, 3.8) is 0 Å². The Bertz CT molecular complexity index is 1180. The molecule has 13 nitrogen and oxygen atoms in total. The van der Waals surface area contributed by atoms with Crippen LogP contribution in [0.1, 0.15) is 24.2 Å². The van der Waals surface area contributed by atoms with E-state index in [2.05, 4.69) is 0 Å². The van der Waals surface area contributed by atoms with E-state index in [1.807, 2.05) is 0 Å². The number of allylic oxidation sites excluding steroid dienone is 1. The predicted molar refractivity (Wildman–Crippen MR) is 130 cm³/mol. The largest absolute Gasteiger partial charge is 0.504 e. The normalized spacial score (nSPS) is 17.8. The fraction of sp³-hybridized carbons (Fsp3) is 0.400. The van der Waals surface area contributed by atoms with Gasteiger partial charge in [-0.25, -0.2) is 9.59 Å². The van der Waals surface area contributed by atoms with Gasteiger partial charge in [0.1, 0.15) is 5.84 Å². The number of nitrogens with zero attached hydrogens (tertiary/aromatic N) is 1. The highest BCUT2D eigenvalue weighted by Gasteiger charge is 2.38. The van der Waals surface area contributed by atoms with Gasteiger partial charge in [-0.1, -0.05) is 12.2 Å². The number of nitrogens with one attached hydrogen (secondary N) is 2. The van der Waals surface area contributed by atoms with E-state index < -0.39 is 48.5 Å². The van der Waals surface area contributed by atoms with E-state index in [9.17, 15) is 24.3 Å². The first-order valence-corrected chi connectivity index (χ1v) is 11.8. The molecule has 0 aromatic heterocycles. The molecule has 1 aliphatic carbocycles. The van der Waals surface area contributed by atoms with Gasteiger partial charge in [0.15, 0.2) is 36.3 Å². The van der Waals surface area contributed by atoms with Gasteiger partial charge in [-0.05, 0) is 31.6 Å². The zero-order valence-corrected chi connectivity index (χ0v) is 20.9. The van der Waals surface area contributed by atoms with Crippen LogP contribution in [0.5, 0.6) is 17.2 Å². The molecule has 13 heteroatoms. The molecule has 0 radical (unpaired) electrons. The smallest absolute Gasteiger partial charge is 0.344 e. The number of fused-ring (bicyclic) bond motifs is 1. The van der Waals surface area contributed by atoms with E-state index >= 15 is 0 Å². The summed E-state index contributed by atoms with van der Waals surface area (Å²) in [7, 11) is 0. The van der Waals surface area contributed by atoms with Crippen LogP contribution in [0.25, 0.3) is 0 Å². The molecular weight excluding hydrogens is 502 g/mol. The van der Waals surface area contributed by atoms with Gasteiger partial charge in [-0.15, -0.1) is 0 Å². The van der Waals surface area contributed by atoms with Crippen LogP contribution in [0.2, 0.25) is 0 Å². The number of esters is 2. The second-order valence-electron chi connectivity index (χ2n) is 8.28. The Hall–Kier alpha value is -4.39. The lowest BCUT2D eigenvalue weighted by Crippen LogP contribution is -2.39. The van der Waals surface area contributed by atoms with Crippen LogP contribution >= 0.6 is 0 Å². The van der Waals surface area contributed by atoms with Crippen LogP contribution in [0, 0.1) is 17.2 Å². The van der Waals surface area contributed by atoms with Crippen molar-refractivity contribution in [2.75, 3.05) is 39.5 Å². The summed E-state index contributed by atoms with van der Waals surface area (Å²) in [5, 5.41) is 27.5. The number of ketones is 2. The second-order valence-corrected chi connectivity index (χ2v) is 8.28. The van der Waals surface area contributed by atoms with Crippen molar-refractivity contribution in [3.8, 4) is 17.2 Å². The average Bonchev–Trinajstić information content (AvgIpc) is 3.30. The second kappa shape index (κ2) is 12.7. The van der Waals surface area contributed by atoms with E-state index in [1.165, 1.54) is 18.2 Å². The van der Waals surface area contributed by atoms with Crippen molar-refractivity contribution in [2.45, 2.75) is 13.8 Å². The standard InChI is InChI=1S/C25H29N3O10/c1-3-35-20(30)12-37-19-8-7-15(23(33)24(19)38-13-21(31)36-4-2)18(29)11-28-9-14-5-6-16(25(26)27-34)22(32)17(14)10-28/h5-9,16-17,33-34H,3-4,10-13H2,1-2H3,(H2,26,27). The first kappa shape index (κ1) is 28.2. The summed E-state index contributed by atoms with van der Waals surface area (Å²) in [6, 6.07) is 2.61. The maximum Gasteiger partial charge on any atom is 0.344 e. The summed E-state index contributed by atoms with van der Waals surface area (Å²) in [5.74, 6) is -5.03. The van der Waals surface area contributed by atoms with Crippen LogP contribution in [-0.4, -0.2) is 84.1 Å². The number of amidine groups is 1. The van der Waals surface area contributed by atoms with Crippen molar-refractivity contribution in [3.05, 3.63) is 41.6 Å². The molecule has 38 heavy (non-hydrogen) atoms. The highest BCUT2D eigenvalue weighted by Crippen LogP contribution is 2.40. The number of hydrogen-bond acceptors (Lipinski definition) is 12. The summed E-state index contributed by atoms with van der Waals surface area (Å²) in [6.45, 7) is 2.40. The number of phenolic OH excluding ortho intramolecular Hbond substituents is 1. The monoisotopic (exact) mass is 531 g/mol. The number of aromatic hydroxyl groups is 1. The van der Waals surface area contributed by atoms with Crippen LogP contribution in [-0.2, 0) is 23.9 Å². The molecular formula is C25H29N3O10. The number of carbonyl (C=O) groups excluding carboxylic acids is 4. The van der Waals surface area contributed by atoms with E-state index in [1.54, 1.807) is 36.5 Å². The van der Waals surface area contributed by atoms with Gasteiger partial charge in [0, 0.05) is 12.7 Å². The van der Waals surface area contributed by atoms with Crippen molar-refractivity contribution in [2.24, 2.45) is 11.8 Å². The highest BCUT2D eigenvalue weighted by molar-refractivity contribution is 6.07. The molecule has 2 atom stereocenters. The molecule has 0 fully saturated rings. The van der Waals surface area contributed by atoms with Crippen LogP contribution in [0.3, 0.4) is 0 Å². The highest BCUT2D eigenvalue weighted by atomic mass is 16.6. The Kier molecular flexibility index (Phi) is 9.44. The minimum Gasteiger partial charge on any atom is -0.504 e. The zero-order chi connectivity index (χ0) is 27.8.